The number of hydrogen-bond donors (Lipinski definition) is 0. The third kappa shape index (κ3) is 4.13. The van der Waals surface area contributed by atoms with E-state index in [1.165, 1.54) is 64.3 Å². The minimum atomic E-state index is -0.0236. The van der Waals surface area contributed by atoms with Crippen molar-refractivity contribution in [1.82, 2.24) is 0 Å². The Labute approximate surface area is 267 Å². The second-order valence-electron chi connectivity index (χ2n) is 12.6. The van der Waals surface area contributed by atoms with E-state index in [-0.39, 0.29) is 5.41 Å². The highest BCUT2D eigenvalue weighted by Gasteiger charge is 2.35. The molecule has 1 nitrogen and oxygen atoms in total. The number of benzene rings is 7. The van der Waals surface area contributed by atoms with Crippen molar-refractivity contribution in [3.63, 3.8) is 0 Å². The van der Waals surface area contributed by atoms with Gasteiger partial charge in [-0.25, -0.2) is 0 Å². The first-order valence-corrected chi connectivity index (χ1v) is 16.4. The summed E-state index contributed by atoms with van der Waals surface area (Å²) < 4.78 is 2.68. The van der Waals surface area contributed by atoms with Gasteiger partial charge in [-0.1, -0.05) is 111 Å². The van der Waals surface area contributed by atoms with Crippen LogP contribution in [0.3, 0.4) is 0 Å². The molecule has 0 radical (unpaired) electrons. The fourth-order valence-electron chi connectivity index (χ4n) is 7.32. The molecule has 214 valence electrons. The molecule has 0 unspecified atom stereocenters. The summed E-state index contributed by atoms with van der Waals surface area (Å²) in [7, 11) is 0. The first-order chi connectivity index (χ1) is 22.0. The molecule has 0 spiro atoms. The summed E-state index contributed by atoms with van der Waals surface area (Å²) >= 11 is 1.88. The van der Waals surface area contributed by atoms with Crippen LogP contribution in [0.25, 0.3) is 53.2 Å². The van der Waals surface area contributed by atoms with Gasteiger partial charge in [0.2, 0.25) is 0 Å². The topological polar surface area (TPSA) is 3.24 Å². The van der Waals surface area contributed by atoms with Crippen molar-refractivity contribution in [2.24, 2.45) is 0 Å². The monoisotopic (exact) mass is 593 g/mol. The summed E-state index contributed by atoms with van der Waals surface area (Å²) in [5.41, 5.74) is 11.3. The highest BCUT2D eigenvalue weighted by Crippen LogP contribution is 2.50. The minimum absolute atomic E-state index is 0.0236. The molecule has 2 heteroatoms. The van der Waals surface area contributed by atoms with E-state index < -0.39 is 0 Å². The lowest BCUT2D eigenvalue weighted by atomic mass is 9.82. The van der Waals surface area contributed by atoms with Gasteiger partial charge >= 0.3 is 0 Å². The highest BCUT2D eigenvalue weighted by atomic mass is 32.1. The van der Waals surface area contributed by atoms with Gasteiger partial charge in [-0.15, -0.1) is 11.3 Å². The zero-order valence-electron chi connectivity index (χ0n) is 25.3. The average Bonchev–Trinajstić information content (AvgIpc) is 3.56. The van der Waals surface area contributed by atoms with E-state index in [9.17, 15) is 0 Å². The van der Waals surface area contributed by atoms with Gasteiger partial charge in [0.05, 0.1) is 0 Å². The molecular weight excluding hydrogens is 563 g/mol. The van der Waals surface area contributed by atoms with Crippen LogP contribution in [-0.2, 0) is 5.41 Å². The number of fused-ring (bicyclic) bond motifs is 7. The molecule has 1 aliphatic rings. The molecule has 0 N–H and O–H groups in total. The van der Waals surface area contributed by atoms with Crippen LogP contribution in [0.5, 0.6) is 0 Å². The number of hydrogen-bond acceptors (Lipinski definition) is 2. The van der Waals surface area contributed by atoms with Gasteiger partial charge in [0.25, 0.3) is 0 Å². The van der Waals surface area contributed by atoms with Crippen molar-refractivity contribution in [2.75, 3.05) is 4.90 Å². The molecule has 1 aliphatic carbocycles. The molecule has 0 saturated carbocycles. The lowest BCUT2D eigenvalue weighted by Crippen LogP contribution is -2.15. The van der Waals surface area contributed by atoms with Crippen molar-refractivity contribution < 1.29 is 0 Å². The standard InChI is InChI=1S/C43H31NS/c1-43(2)39-14-8-6-12-35(39)37-27-34(22-23-40(37)43)44(32-19-16-29(17-20-32)28-10-4-3-5-11-28)33-21-18-30-26-42-38(25-31(30)24-33)36-13-7-9-15-41(36)45-42/h3-27H,1-2H3. The number of rotatable bonds is 4. The third-order valence-electron chi connectivity index (χ3n) is 9.64. The van der Waals surface area contributed by atoms with Crippen LogP contribution in [0, 0.1) is 0 Å². The maximum absolute atomic E-state index is 2.42. The number of thiophene rings is 1. The van der Waals surface area contributed by atoms with Crippen molar-refractivity contribution >= 4 is 59.3 Å². The van der Waals surface area contributed by atoms with Gasteiger partial charge in [0, 0.05) is 42.6 Å². The lowest BCUT2D eigenvalue weighted by molar-refractivity contribution is 0.660. The van der Waals surface area contributed by atoms with Crippen LogP contribution in [0.15, 0.2) is 152 Å². The van der Waals surface area contributed by atoms with E-state index in [0.717, 1.165) is 17.1 Å². The Morgan fingerprint density at radius 2 is 1.11 bits per heavy atom. The minimum Gasteiger partial charge on any atom is -0.310 e. The molecule has 8 aromatic rings. The van der Waals surface area contributed by atoms with Crippen LogP contribution in [-0.4, -0.2) is 0 Å². The zero-order chi connectivity index (χ0) is 30.1. The molecule has 0 saturated heterocycles. The van der Waals surface area contributed by atoms with Crippen LogP contribution in [0.1, 0.15) is 25.0 Å². The Kier molecular flexibility index (Phi) is 5.78. The van der Waals surface area contributed by atoms with E-state index >= 15 is 0 Å². The maximum Gasteiger partial charge on any atom is 0.0468 e. The Bertz CT molecular complexity index is 2400. The van der Waals surface area contributed by atoms with E-state index in [0.29, 0.717) is 0 Å². The molecular formula is C43H31NS. The van der Waals surface area contributed by atoms with Gasteiger partial charge in [0.1, 0.15) is 0 Å². The van der Waals surface area contributed by atoms with E-state index in [1.807, 2.05) is 11.3 Å². The van der Waals surface area contributed by atoms with E-state index in [1.54, 1.807) is 0 Å². The van der Waals surface area contributed by atoms with Gasteiger partial charge in [0.15, 0.2) is 0 Å². The van der Waals surface area contributed by atoms with Crippen molar-refractivity contribution in [2.45, 2.75) is 19.3 Å². The predicted octanol–water partition coefficient (Wildman–Crippen LogP) is 12.7. The Hall–Kier alpha value is -5.18. The second kappa shape index (κ2) is 9.92. The summed E-state index contributed by atoms with van der Waals surface area (Å²) in [4.78, 5) is 2.42. The molecule has 9 rings (SSSR count). The second-order valence-corrected chi connectivity index (χ2v) is 13.7. The fourth-order valence-corrected chi connectivity index (χ4v) is 8.46. The number of anilines is 3. The first kappa shape index (κ1) is 26.2. The molecule has 0 fully saturated rings. The molecule has 1 aromatic heterocycles. The molecule has 0 amide bonds. The summed E-state index contributed by atoms with van der Waals surface area (Å²) in [5.74, 6) is 0. The van der Waals surface area contributed by atoms with Crippen LogP contribution < -0.4 is 4.90 Å². The summed E-state index contributed by atoms with van der Waals surface area (Å²) in [6, 6.07) is 55.9. The zero-order valence-corrected chi connectivity index (χ0v) is 26.1. The summed E-state index contributed by atoms with van der Waals surface area (Å²) in [6.45, 7) is 4.69. The van der Waals surface area contributed by atoms with Crippen molar-refractivity contribution in [3.8, 4) is 22.3 Å². The molecule has 0 aliphatic heterocycles. The molecule has 1 heterocycles. The summed E-state index contributed by atoms with van der Waals surface area (Å²) in [6.07, 6.45) is 0. The fraction of sp³-hybridized carbons (Fsp3) is 0.0698. The molecule has 0 atom stereocenters. The summed E-state index contributed by atoms with van der Waals surface area (Å²) in [5, 5.41) is 5.18. The quantitative estimate of drug-likeness (QED) is 0.196. The maximum atomic E-state index is 2.42. The van der Waals surface area contributed by atoms with Crippen LogP contribution in [0.4, 0.5) is 17.1 Å². The van der Waals surface area contributed by atoms with Crippen molar-refractivity contribution in [3.05, 3.63) is 163 Å². The van der Waals surface area contributed by atoms with E-state index in [4.69, 9.17) is 0 Å². The third-order valence-corrected chi connectivity index (χ3v) is 10.8. The lowest BCUT2D eigenvalue weighted by Gasteiger charge is -2.27. The molecule has 0 bridgehead atoms. The Morgan fingerprint density at radius 3 is 1.98 bits per heavy atom. The van der Waals surface area contributed by atoms with E-state index in [2.05, 4.69) is 170 Å². The molecule has 45 heavy (non-hydrogen) atoms. The first-order valence-electron chi connectivity index (χ1n) is 15.6. The van der Waals surface area contributed by atoms with Crippen LogP contribution >= 0.6 is 11.3 Å². The van der Waals surface area contributed by atoms with Gasteiger partial charge in [-0.2, -0.15) is 0 Å². The predicted molar refractivity (Wildman–Crippen MR) is 195 cm³/mol. The number of nitrogens with zero attached hydrogens (tertiary/aromatic N) is 1. The van der Waals surface area contributed by atoms with Gasteiger partial charge in [-0.05, 0) is 98.8 Å². The highest BCUT2D eigenvalue weighted by molar-refractivity contribution is 7.25. The van der Waals surface area contributed by atoms with Crippen LogP contribution in [0.2, 0.25) is 0 Å². The smallest absolute Gasteiger partial charge is 0.0468 e. The van der Waals surface area contributed by atoms with Gasteiger partial charge in [-0.3, -0.25) is 0 Å². The molecule has 7 aromatic carbocycles. The normalized spacial score (nSPS) is 13.3. The largest absolute Gasteiger partial charge is 0.310 e. The Balaban J connectivity index is 1.23. The van der Waals surface area contributed by atoms with Crippen molar-refractivity contribution in [1.29, 1.82) is 0 Å². The SMILES string of the molecule is CC1(C)c2ccccc2-c2cc(N(c3ccc(-c4ccccc4)cc3)c3ccc4cc5sc6ccccc6c5cc4c3)ccc21. The average molecular weight is 594 g/mol. The Morgan fingerprint density at radius 1 is 0.444 bits per heavy atom. The van der Waals surface area contributed by atoms with Gasteiger partial charge < -0.3 is 4.90 Å².